The van der Waals surface area contributed by atoms with Gasteiger partial charge in [0, 0.05) is 58.3 Å². The van der Waals surface area contributed by atoms with Crippen LogP contribution in [0.1, 0.15) is 43.0 Å². The van der Waals surface area contributed by atoms with E-state index in [1.54, 1.807) is 20.4 Å². The molecule has 0 aliphatic rings. The predicted octanol–water partition coefficient (Wildman–Crippen LogP) is -0.857. The average Bonchev–Trinajstić information content (AvgIpc) is 2.93. The smallest absolute Gasteiger partial charge is 0.793 e. The molecule has 3 radical (unpaired) electrons. The van der Waals surface area contributed by atoms with Crippen molar-refractivity contribution in [1.29, 1.82) is 0 Å². The molecular weight excluding hydrogens is 570 g/mol. The van der Waals surface area contributed by atoms with Crippen molar-refractivity contribution in [2.75, 3.05) is 49.0 Å². The van der Waals surface area contributed by atoms with Crippen molar-refractivity contribution < 1.29 is 72.6 Å². The van der Waals surface area contributed by atoms with Crippen molar-refractivity contribution >= 4 is 32.2 Å². The zero-order chi connectivity index (χ0) is 33.1. The van der Waals surface area contributed by atoms with Gasteiger partial charge in [-0.05, 0) is 70.7 Å². The Labute approximate surface area is 279 Å². The van der Waals surface area contributed by atoms with Gasteiger partial charge in [0.2, 0.25) is 17.7 Å². The first-order valence-corrected chi connectivity index (χ1v) is 12.6. The minimum Gasteiger partial charge on any atom is -0.793 e. The Morgan fingerprint density at radius 2 is 1.23 bits per heavy atom. The summed E-state index contributed by atoms with van der Waals surface area (Å²) in [5.41, 5.74) is 4.53. The number of aromatic nitrogens is 2. The number of pyridine rings is 2. The molecule has 235 valence electrons. The first kappa shape index (κ1) is 46.9. The zero-order valence-corrected chi connectivity index (χ0v) is 29.6. The van der Waals surface area contributed by atoms with Gasteiger partial charge in [-0.25, -0.2) is 29.3 Å². The molecular formula is C28H45BN4NaO9. The van der Waals surface area contributed by atoms with Crippen molar-refractivity contribution in [2.24, 2.45) is 0 Å². The Bertz CT molecular complexity index is 1050. The number of aldehydes is 1. The summed E-state index contributed by atoms with van der Waals surface area (Å²) in [6.07, 6.45) is 5.90. The van der Waals surface area contributed by atoms with Gasteiger partial charge in [-0.15, -0.1) is 0 Å². The molecule has 15 heteroatoms. The fourth-order valence-electron chi connectivity index (χ4n) is 2.37. The molecule has 0 aliphatic carbocycles. The van der Waals surface area contributed by atoms with Crippen LogP contribution in [0.4, 0.5) is 0 Å². The van der Waals surface area contributed by atoms with Gasteiger partial charge in [0.05, 0.1) is 14.2 Å². The van der Waals surface area contributed by atoms with Gasteiger partial charge in [-0.2, -0.15) is 0 Å². The van der Waals surface area contributed by atoms with Gasteiger partial charge in [-0.3, -0.25) is 4.79 Å². The molecule has 0 amide bonds. The minimum atomic E-state index is -0.639. The molecule has 0 spiro atoms. The van der Waals surface area contributed by atoms with Crippen LogP contribution in [0.3, 0.4) is 0 Å². The van der Waals surface area contributed by atoms with Crippen LogP contribution in [-0.4, -0.2) is 96.1 Å². The molecule has 2 aromatic heterocycles. The zero-order valence-electron chi connectivity index (χ0n) is 27.6. The molecule has 43 heavy (non-hydrogen) atoms. The standard InChI is InChI=1S/C11H18N2O.C9H11NO2.C4H6O4.C2H3BO2.C2H7N.Na/c1-9-7-11(14-4)12-8-10(9)5-6-13(2)3;1-7-5-9(12-2)10-6-8(7)3-4-11;1-3(5)7-8-4(2)6;1-2(4)5-3;1-3-2;/h7-8H,5-6H2,1-4H3;4-6H,3H2,1-2H3;1-2H3;1H3;3H,1-2H3;/q;;;-1;;+1. The number of carbonyl (C=O) groups excluding carboxylic acids is 4. The van der Waals surface area contributed by atoms with E-state index in [1.165, 1.54) is 18.1 Å². The van der Waals surface area contributed by atoms with Crippen molar-refractivity contribution in [3.05, 3.63) is 46.8 Å². The summed E-state index contributed by atoms with van der Waals surface area (Å²) in [4.78, 5) is 57.4. The molecule has 0 aliphatic heterocycles. The van der Waals surface area contributed by atoms with E-state index in [1.807, 2.05) is 39.3 Å². The number of nitrogens with one attached hydrogen (secondary N) is 1. The third-order valence-electron chi connectivity index (χ3n) is 4.38. The SMILES string of the molecule is CC(=O)OOC(C)=O.CNC.COc1cc(C)c(CC=O)cn1.COc1cc(C)c(CCN(C)C)cn1.[B-]OC(C)=O.[Na+]. The molecule has 2 rings (SSSR count). The molecule has 2 aromatic rings. The maximum absolute atomic E-state index is 10.2. The first-order valence-electron chi connectivity index (χ1n) is 12.6. The second-order valence-corrected chi connectivity index (χ2v) is 8.49. The second-order valence-electron chi connectivity index (χ2n) is 8.49. The van der Waals surface area contributed by atoms with Crippen molar-refractivity contribution in [3.63, 3.8) is 0 Å². The van der Waals surface area contributed by atoms with Gasteiger partial charge >= 0.3 is 41.5 Å². The Balaban J connectivity index is -0.000000239. The third-order valence-corrected chi connectivity index (χ3v) is 4.38. The normalized spacial score (nSPS) is 8.77. The van der Waals surface area contributed by atoms with Crippen molar-refractivity contribution in [2.45, 2.75) is 47.5 Å². The van der Waals surface area contributed by atoms with E-state index >= 15 is 0 Å². The number of nitrogens with zero attached hydrogens (tertiary/aromatic N) is 3. The Hall–Kier alpha value is -3.04. The third kappa shape index (κ3) is 30.2. The van der Waals surface area contributed by atoms with Gasteiger partial charge in [0.25, 0.3) is 0 Å². The summed E-state index contributed by atoms with van der Waals surface area (Å²) in [5, 5.41) is 2.75. The molecule has 13 nitrogen and oxygen atoms in total. The monoisotopic (exact) mass is 615 g/mol. The van der Waals surface area contributed by atoms with E-state index in [9.17, 15) is 19.2 Å². The number of likely N-dealkylation sites (N-methyl/N-ethyl adjacent to an activating group) is 1. The van der Waals surface area contributed by atoms with Crippen LogP contribution >= 0.6 is 0 Å². The van der Waals surface area contributed by atoms with Crippen molar-refractivity contribution in [1.82, 2.24) is 20.2 Å². The van der Waals surface area contributed by atoms with Crippen LogP contribution in [0.2, 0.25) is 0 Å². The maximum atomic E-state index is 10.2. The van der Waals surface area contributed by atoms with Gasteiger partial charge in [-0.1, -0.05) is 0 Å². The van der Waals surface area contributed by atoms with Gasteiger partial charge in [0.1, 0.15) is 6.29 Å². The molecule has 0 saturated heterocycles. The van der Waals surface area contributed by atoms with Crippen LogP contribution in [0.25, 0.3) is 0 Å². The number of carbonyl (C=O) groups is 4. The van der Waals surface area contributed by atoms with E-state index in [-0.39, 0.29) is 29.6 Å². The van der Waals surface area contributed by atoms with E-state index in [4.69, 9.17) is 9.47 Å². The van der Waals surface area contributed by atoms with E-state index in [0.717, 1.165) is 44.2 Å². The largest absolute Gasteiger partial charge is 1.00 e. The van der Waals surface area contributed by atoms with Crippen LogP contribution in [0, 0.1) is 13.8 Å². The fourth-order valence-corrected chi connectivity index (χ4v) is 2.37. The molecule has 0 atom stereocenters. The summed E-state index contributed by atoms with van der Waals surface area (Å²) in [6, 6.07) is 3.80. The summed E-state index contributed by atoms with van der Waals surface area (Å²) in [7, 11) is 15.4. The van der Waals surface area contributed by atoms with E-state index in [2.05, 4.69) is 63.7 Å². The second kappa shape index (κ2) is 30.4. The van der Waals surface area contributed by atoms with E-state index < -0.39 is 17.9 Å². The topological polar surface area (TPSA) is 155 Å². The quantitative estimate of drug-likeness (QED) is 0.178. The van der Waals surface area contributed by atoms with Gasteiger partial charge in [0.15, 0.2) is 0 Å². The molecule has 2 heterocycles. The molecule has 0 aromatic carbocycles. The fraction of sp³-hybridized carbons (Fsp3) is 0.500. The van der Waals surface area contributed by atoms with Crippen LogP contribution < -0.4 is 44.3 Å². The molecule has 0 fully saturated rings. The summed E-state index contributed by atoms with van der Waals surface area (Å²) >= 11 is 0. The average molecular weight is 615 g/mol. The molecule has 0 unspecified atom stereocenters. The molecule has 0 saturated carbocycles. The van der Waals surface area contributed by atoms with Crippen LogP contribution in [0.15, 0.2) is 24.5 Å². The molecule has 0 bridgehead atoms. The first-order chi connectivity index (χ1) is 19.7. The number of methoxy groups -OCH3 is 2. The van der Waals surface area contributed by atoms with Gasteiger partial charge < -0.3 is 37.2 Å². The van der Waals surface area contributed by atoms with E-state index in [0.29, 0.717) is 18.2 Å². The summed E-state index contributed by atoms with van der Waals surface area (Å²) < 4.78 is 13.6. The Morgan fingerprint density at radius 1 is 0.860 bits per heavy atom. The number of aryl methyl sites for hydroxylation is 2. The predicted molar refractivity (Wildman–Crippen MR) is 159 cm³/mol. The number of hydrogen-bond donors (Lipinski definition) is 1. The molecule has 1 N–H and O–H groups in total. The minimum absolute atomic E-state index is 0. The number of hydrogen-bond acceptors (Lipinski definition) is 13. The number of rotatable bonds is 7. The van der Waals surface area contributed by atoms with Crippen LogP contribution in [-0.2, 0) is 46.4 Å². The van der Waals surface area contributed by atoms with Crippen LogP contribution in [0.5, 0.6) is 11.8 Å². The summed E-state index contributed by atoms with van der Waals surface area (Å²) in [6.45, 7) is 8.60. The Kier molecular flexibility index (Phi) is 33.2. The number of ether oxygens (including phenoxy) is 2. The van der Waals surface area contributed by atoms with Crippen molar-refractivity contribution in [3.8, 4) is 11.8 Å². The maximum Gasteiger partial charge on any atom is 1.00 e. The Morgan fingerprint density at radius 3 is 1.49 bits per heavy atom. The summed E-state index contributed by atoms with van der Waals surface area (Å²) in [5.74, 6) is -0.469.